The topological polar surface area (TPSA) is 61.9 Å². The van der Waals surface area contributed by atoms with Gasteiger partial charge in [0.1, 0.15) is 6.04 Å². The van der Waals surface area contributed by atoms with E-state index in [1.807, 2.05) is 0 Å². The molecule has 0 radical (unpaired) electrons. The minimum absolute atomic E-state index is 0.215. The van der Waals surface area contributed by atoms with Crippen LogP contribution in [0.1, 0.15) is 13.8 Å². The van der Waals surface area contributed by atoms with Crippen LogP contribution in [0.2, 0.25) is 0 Å². The van der Waals surface area contributed by atoms with Crippen LogP contribution in [-0.4, -0.2) is 74.1 Å². The Balaban J connectivity index is 2.55. The monoisotopic (exact) mass is 257 g/mol. The van der Waals surface area contributed by atoms with Gasteiger partial charge in [0.15, 0.2) is 0 Å². The van der Waals surface area contributed by atoms with Crippen LogP contribution in [0.5, 0.6) is 0 Å². The molecular formula is C12H23N3O3. The molecule has 1 amide bonds. The highest BCUT2D eigenvalue weighted by atomic mass is 16.5. The smallest absolute Gasteiger partial charge is 0.329 e. The highest BCUT2D eigenvalue weighted by Gasteiger charge is 2.27. The molecule has 1 N–H and O–H groups in total. The van der Waals surface area contributed by atoms with Gasteiger partial charge in [-0.2, -0.15) is 0 Å². The quantitative estimate of drug-likeness (QED) is 0.675. The lowest BCUT2D eigenvalue weighted by molar-refractivity contribution is -0.145. The van der Waals surface area contributed by atoms with E-state index < -0.39 is 12.0 Å². The van der Waals surface area contributed by atoms with Crippen molar-refractivity contribution in [2.75, 3.05) is 40.3 Å². The number of nitrogens with one attached hydrogen (secondary N) is 1. The average molecular weight is 257 g/mol. The second kappa shape index (κ2) is 6.70. The first-order chi connectivity index (χ1) is 8.43. The van der Waals surface area contributed by atoms with Gasteiger partial charge >= 0.3 is 5.97 Å². The van der Waals surface area contributed by atoms with Gasteiger partial charge < -0.3 is 15.0 Å². The minimum atomic E-state index is -0.580. The molecule has 1 saturated heterocycles. The minimum Gasteiger partial charge on any atom is -0.467 e. The molecule has 1 heterocycles. The lowest BCUT2D eigenvalue weighted by Gasteiger charge is -2.38. The number of carbonyl (C=O) groups is 2. The zero-order valence-electron chi connectivity index (χ0n) is 11.6. The van der Waals surface area contributed by atoms with E-state index in [9.17, 15) is 9.59 Å². The van der Waals surface area contributed by atoms with Crippen LogP contribution < -0.4 is 5.32 Å². The molecule has 0 aromatic heterocycles. The van der Waals surface area contributed by atoms with E-state index in [0.717, 1.165) is 19.6 Å². The highest BCUT2D eigenvalue weighted by Crippen LogP contribution is 2.07. The summed E-state index contributed by atoms with van der Waals surface area (Å²) in [5, 5.41) is 2.64. The number of nitrogens with zero attached hydrogens (tertiary/aromatic N) is 2. The molecule has 2 atom stereocenters. The fourth-order valence-corrected chi connectivity index (χ4v) is 2.11. The van der Waals surface area contributed by atoms with Gasteiger partial charge in [-0.3, -0.25) is 9.69 Å². The molecule has 0 aromatic rings. The maximum atomic E-state index is 11.6. The molecule has 6 nitrogen and oxygen atoms in total. The van der Waals surface area contributed by atoms with Crippen molar-refractivity contribution in [1.29, 1.82) is 0 Å². The Morgan fingerprint density at radius 1 is 1.44 bits per heavy atom. The zero-order valence-corrected chi connectivity index (χ0v) is 11.6. The van der Waals surface area contributed by atoms with E-state index in [4.69, 9.17) is 4.74 Å². The maximum absolute atomic E-state index is 11.6. The van der Waals surface area contributed by atoms with Crippen molar-refractivity contribution in [3.63, 3.8) is 0 Å². The Morgan fingerprint density at radius 3 is 2.61 bits per heavy atom. The van der Waals surface area contributed by atoms with Gasteiger partial charge in [-0.1, -0.05) is 0 Å². The maximum Gasteiger partial charge on any atom is 0.329 e. The van der Waals surface area contributed by atoms with Gasteiger partial charge in [0.25, 0.3) is 0 Å². The van der Waals surface area contributed by atoms with Gasteiger partial charge in [-0.25, -0.2) is 4.79 Å². The van der Waals surface area contributed by atoms with Crippen molar-refractivity contribution in [2.45, 2.75) is 25.9 Å². The molecule has 6 heteroatoms. The predicted molar refractivity (Wildman–Crippen MR) is 68.2 cm³/mol. The van der Waals surface area contributed by atoms with E-state index in [1.165, 1.54) is 14.0 Å². The Hall–Kier alpha value is -1.14. The number of piperazine rings is 1. The number of ether oxygens (including phenoxy) is 1. The summed E-state index contributed by atoms with van der Waals surface area (Å²) in [7, 11) is 3.43. The summed E-state index contributed by atoms with van der Waals surface area (Å²) in [6.07, 6.45) is 0. The molecular weight excluding hydrogens is 234 g/mol. The first kappa shape index (κ1) is 14.9. The number of esters is 1. The normalized spacial score (nSPS) is 23.4. The first-order valence-electron chi connectivity index (χ1n) is 6.21. The fourth-order valence-electron chi connectivity index (χ4n) is 2.11. The molecule has 0 aliphatic carbocycles. The Bertz CT molecular complexity index is 309. The third kappa shape index (κ3) is 4.27. The molecule has 1 aliphatic heterocycles. The van der Waals surface area contributed by atoms with Crippen LogP contribution in [-0.2, 0) is 14.3 Å². The average Bonchev–Trinajstić information content (AvgIpc) is 2.31. The number of hydrogen-bond donors (Lipinski definition) is 1. The molecule has 104 valence electrons. The highest BCUT2D eigenvalue weighted by molar-refractivity contribution is 5.83. The van der Waals surface area contributed by atoms with E-state index in [-0.39, 0.29) is 5.91 Å². The summed E-state index contributed by atoms with van der Waals surface area (Å²) in [6.45, 7) is 6.82. The standard InChI is InChI=1S/C12H23N3O3/c1-9-7-15(6-5-14(9)3)8-11(12(17)18-4)13-10(2)16/h9,11H,5-8H2,1-4H3,(H,13,16). The number of rotatable bonds is 4. The molecule has 0 aromatic carbocycles. The number of carbonyl (C=O) groups excluding carboxylic acids is 2. The molecule has 0 bridgehead atoms. The second-order valence-corrected chi connectivity index (χ2v) is 4.87. The molecule has 1 aliphatic rings. The number of amides is 1. The van der Waals surface area contributed by atoms with Gasteiger partial charge in [0.05, 0.1) is 7.11 Å². The molecule has 0 spiro atoms. The Labute approximate surface area is 108 Å². The van der Waals surface area contributed by atoms with Crippen molar-refractivity contribution in [1.82, 2.24) is 15.1 Å². The van der Waals surface area contributed by atoms with E-state index >= 15 is 0 Å². The predicted octanol–water partition coefficient (Wildman–Crippen LogP) is -0.700. The Kier molecular flexibility index (Phi) is 5.55. The summed E-state index contributed by atoms with van der Waals surface area (Å²) in [5.41, 5.74) is 0. The van der Waals surface area contributed by atoms with Gasteiger partial charge in [0.2, 0.25) is 5.91 Å². The number of likely N-dealkylation sites (N-methyl/N-ethyl adjacent to an activating group) is 1. The summed E-state index contributed by atoms with van der Waals surface area (Å²) in [4.78, 5) is 27.1. The van der Waals surface area contributed by atoms with Crippen molar-refractivity contribution in [3.05, 3.63) is 0 Å². The van der Waals surface area contributed by atoms with Crippen molar-refractivity contribution >= 4 is 11.9 Å². The molecule has 1 fully saturated rings. The summed E-state index contributed by atoms with van der Waals surface area (Å²) in [6, 6.07) is -0.127. The fraction of sp³-hybridized carbons (Fsp3) is 0.833. The van der Waals surface area contributed by atoms with Gasteiger partial charge in [-0.15, -0.1) is 0 Å². The van der Waals surface area contributed by atoms with Crippen molar-refractivity contribution < 1.29 is 14.3 Å². The molecule has 0 saturated carbocycles. The van der Waals surface area contributed by atoms with E-state index in [2.05, 4.69) is 29.1 Å². The van der Waals surface area contributed by atoms with Crippen LogP contribution in [0.4, 0.5) is 0 Å². The van der Waals surface area contributed by atoms with Crippen molar-refractivity contribution in [2.24, 2.45) is 0 Å². The lowest BCUT2D eigenvalue weighted by Crippen LogP contribution is -2.55. The molecule has 1 rings (SSSR count). The van der Waals surface area contributed by atoms with Crippen molar-refractivity contribution in [3.8, 4) is 0 Å². The van der Waals surface area contributed by atoms with E-state index in [1.54, 1.807) is 0 Å². The summed E-state index contributed by atoms with van der Waals surface area (Å²) in [5.74, 6) is -0.607. The van der Waals surface area contributed by atoms with Gasteiger partial charge in [0, 0.05) is 39.1 Å². The SMILES string of the molecule is COC(=O)C(CN1CCN(C)C(C)C1)NC(C)=O. The lowest BCUT2D eigenvalue weighted by atomic mass is 10.1. The second-order valence-electron chi connectivity index (χ2n) is 4.87. The number of hydrogen-bond acceptors (Lipinski definition) is 5. The molecule has 18 heavy (non-hydrogen) atoms. The number of methoxy groups -OCH3 is 1. The van der Waals surface area contributed by atoms with Crippen LogP contribution in [0.3, 0.4) is 0 Å². The largest absolute Gasteiger partial charge is 0.467 e. The van der Waals surface area contributed by atoms with Crippen LogP contribution in [0.25, 0.3) is 0 Å². The Morgan fingerprint density at radius 2 is 2.11 bits per heavy atom. The van der Waals surface area contributed by atoms with Crippen LogP contribution >= 0.6 is 0 Å². The van der Waals surface area contributed by atoms with Crippen LogP contribution in [0.15, 0.2) is 0 Å². The zero-order chi connectivity index (χ0) is 13.7. The van der Waals surface area contributed by atoms with Gasteiger partial charge in [-0.05, 0) is 14.0 Å². The first-order valence-corrected chi connectivity index (χ1v) is 6.21. The third-order valence-electron chi connectivity index (χ3n) is 3.35. The molecule has 2 unspecified atom stereocenters. The van der Waals surface area contributed by atoms with E-state index in [0.29, 0.717) is 12.6 Å². The summed E-state index contributed by atoms with van der Waals surface area (Å²) < 4.78 is 4.71. The summed E-state index contributed by atoms with van der Waals surface area (Å²) >= 11 is 0. The van der Waals surface area contributed by atoms with Crippen LogP contribution in [0, 0.1) is 0 Å². The third-order valence-corrected chi connectivity index (χ3v) is 3.35.